The molecule has 0 saturated carbocycles. The molecule has 1 fully saturated rings. The molecular formula is C23H31N3O3S. The molecule has 0 spiro atoms. The van der Waals surface area contributed by atoms with Gasteiger partial charge >= 0.3 is 0 Å². The number of amides is 1. The van der Waals surface area contributed by atoms with Crippen LogP contribution in [0.25, 0.3) is 0 Å². The van der Waals surface area contributed by atoms with Crippen LogP contribution in [0, 0.1) is 5.92 Å². The summed E-state index contributed by atoms with van der Waals surface area (Å²) in [6.45, 7) is 6.43. The molecule has 6 nitrogen and oxygen atoms in total. The maximum Gasteiger partial charge on any atom is 0.251 e. The largest absolute Gasteiger partial charge is 0.372 e. The van der Waals surface area contributed by atoms with Gasteiger partial charge < -0.3 is 10.2 Å². The average molecular weight is 430 g/mol. The minimum absolute atomic E-state index is 0.163. The molecule has 2 aromatic carbocycles. The second kappa shape index (κ2) is 9.08. The van der Waals surface area contributed by atoms with E-state index in [0.717, 1.165) is 35.1 Å². The third-order valence-corrected chi connectivity index (χ3v) is 7.06. The Morgan fingerprint density at radius 3 is 2.37 bits per heavy atom. The SMILES string of the molecule is CC1CCN(c2ccc(C(C)NC(=O)c3cccc(N(C)S(C)(=O)=O)c3)cc2)CC1. The number of nitrogens with one attached hydrogen (secondary N) is 1. The average Bonchev–Trinajstić information content (AvgIpc) is 2.73. The van der Waals surface area contributed by atoms with E-state index in [1.807, 2.05) is 6.92 Å². The number of rotatable bonds is 6. The molecule has 1 heterocycles. The van der Waals surface area contributed by atoms with E-state index in [1.165, 1.54) is 25.6 Å². The molecule has 1 N–H and O–H groups in total. The fourth-order valence-electron chi connectivity index (χ4n) is 3.64. The maximum atomic E-state index is 12.7. The number of anilines is 2. The molecule has 1 aliphatic rings. The van der Waals surface area contributed by atoms with E-state index in [4.69, 9.17) is 0 Å². The fraction of sp³-hybridized carbons (Fsp3) is 0.435. The molecule has 1 saturated heterocycles. The summed E-state index contributed by atoms with van der Waals surface area (Å²) in [5.41, 5.74) is 3.13. The monoisotopic (exact) mass is 429 g/mol. The van der Waals surface area contributed by atoms with E-state index in [2.05, 4.69) is 41.4 Å². The van der Waals surface area contributed by atoms with Gasteiger partial charge in [0.05, 0.1) is 18.0 Å². The molecule has 3 rings (SSSR count). The highest BCUT2D eigenvalue weighted by Gasteiger charge is 2.18. The third kappa shape index (κ3) is 5.33. The lowest BCUT2D eigenvalue weighted by Gasteiger charge is -2.32. The lowest BCUT2D eigenvalue weighted by atomic mass is 9.98. The molecule has 1 atom stereocenters. The molecule has 30 heavy (non-hydrogen) atoms. The zero-order valence-electron chi connectivity index (χ0n) is 18.1. The van der Waals surface area contributed by atoms with Crippen molar-refractivity contribution < 1.29 is 13.2 Å². The van der Waals surface area contributed by atoms with Crippen molar-refractivity contribution in [2.75, 3.05) is 35.6 Å². The summed E-state index contributed by atoms with van der Waals surface area (Å²) in [4.78, 5) is 15.1. The minimum Gasteiger partial charge on any atom is -0.372 e. The molecule has 1 amide bonds. The summed E-state index contributed by atoms with van der Waals surface area (Å²) in [6, 6.07) is 14.8. The van der Waals surface area contributed by atoms with Gasteiger partial charge in [0.1, 0.15) is 0 Å². The second-order valence-electron chi connectivity index (χ2n) is 8.24. The van der Waals surface area contributed by atoms with Crippen LogP contribution in [0.2, 0.25) is 0 Å². The molecule has 7 heteroatoms. The van der Waals surface area contributed by atoms with Crippen LogP contribution in [0.1, 0.15) is 48.7 Å². The predicted octanol–water partition coefficient (Wildman–Crippen LogP) is 3.81. The van der Waals surface area contributed by atoms with Crippen LogP contribution < -0.4 is 14.5 Å². The van der Waals surface area contributed by atoms with Crippen LogP contribution in [0.4, 0.5) is 11.4 Å². The highest BCUT2D eigenvalue weighted by molar-refractivity contribution is 7.92. The van der Waals surface area contributed by atoms with Crippen LogP contribution in [-0.2, 0) is 10.0 Å². The smallest absolute Gasteiger partial charge is 0.251 e. The van der Waals surface area contributed by atoms with Crippen LogP contribution in [0.3, 0.4) is 0 Å². The van der Waals surface area contributed by atoms with Crippen molar-refractivity contribution in [2.24, 2.45) is 5.92 Å². The van der Waals surface area contributed by atoms with Crippen LogP contribution in [0.15, 0.2) is 48.5 Å². The Hall–Kier alpha value is -2.54. The minimum atomic E-state index is -3.38. The number of piperidine rings is 1. The molecule has 0 bridgehead atoms. The molecule has 0 radical (unpaired) electrons. The molecule has 1 aliphatic heterocycles. The first kappa shape index (κ1) is 22.2. The Morgan fingerprint density at radius 1 is 1.13 bits per heavy atom. The van der Waals surface area contributed by atoms with Gasteiger partial charge in [0.2, 0.25) is 10.0 Å². The van der Waals surface area contributed by atoms with Gasteiger partial charge in [0, 0.05) is 31.4 Å². The van der Waals surface area contributed by atoms with Gasteiger partial charge in [-0.2, -0.15) is 0 Å². The molecule has 162 valence electrons. The van der Waals surface area contributed by atoms with E-state index in [-0.39, 0.29) is 11.9 Å². The molecule has 0 aliphatic carbocycles. The van der Waals surface area contributed by atoms with Gasteiger partial charge in [-0.3, -0.25) is 9.10 Å². The Bertz CT molecular complexity index is 981. The fourth-order valence-corrected chi connectivity index (χ4v) is 4.13. The summed E-state index contributed by atoms with van der Waals surface area (Å²) in [7, 11) is -1.91. The van der Waals surface area contributed by atoms with E-state index in [1.54, 1.807) is 24.3 Å². The van der Waals surface area contributed by atoms with Crippen molar-refractivity contribution in [3.63, 3.8) is 0 Å². The quantitative estimate of drug-likeness (QED) is 0.758. The lowest BCUT2D eigenvalue weighted by Crippen LogP contribution is -2.32. The van der Waals surface area contributed by atoms with Crippen molar-refractivity contribution in [3.8, 4) is 0 Å². The number of carbonyl (C=O) groups is 1. The molecule has 1 unspecified atom stereocenters. The van der Waals surface area contributed by atoms with E-state index in [9.17, 15) is 13.2 Å². The van der Waals surface area contributed by atoms with Gasteiger partial charge in [-0.05, 0) is 61.6 Å². The Morgan fingerprint density at radius 2 is 1.77 bits per heavy atom. The zero-order chi connectivity index (χ0) is 21.9. The maximum absolute atomic E-state index is 12.7. The summed E-state index contributed by atoms with van der Waals surface area (Å²) >= 11 is 0. The topological polar surface area (TPSA) is 69.7 Å². The van der Waals surface area contributed by atoms with Gasteiger partial charge in [-0.1, -0.05) is 25.1 Å². The van der Waals surface area contributed by atoms with Crippen molar-refractivity contribution >= 4 is 27.3 Å². The summed E-state index contributed by atoms with van der Waals surface area (Å²) < 4.78 is 24.7. The predicted molar refractivity (Wildman–Crippen MR) is 123 cm³/mol. The Balaban J connectivity index is 1.66. The van der Waals surface area contributed by atoms with Crippen LogP contribution >= 0.6 is 0 Å². The number of hydrogen-bond donors (Lipinski definition) is 1. The summed E-state index contributed by atoms with van der Waals surface area (Å²) in [5.74, 6) is 0.562. The first-order valence-corrected chi connectivity index (χ1v) is 12.2. The summed E-state index contributed by atoms with van der Waals surface area (Å²) in [6.07, 6.45) is 3.58. The number of sulfonamides is 1. The number of nitrogens with zero attached hydrogens (tertiary/aromatic N) is 2. The van der Waals surface area contributed by atoms with Gasteiger partial charge in [0.15, 0.2) is 0 Å². The van der Waals surface area contributed by atoms with Crippen molar-refractivity contribution in [1.82, 2.24) is 5.32 Å². The molecule has 0 aromatic heterocycles. The lowest BCUT2D eigenvalue weighted by molar-refractivity contribution is 0.0940. The normalized spacial score (nSPS) is 16.2. The van der Waals surface area contributed by atoms with Crippen molar-refractivity contribution in [2.45, 2.75) is 32.7 Å². The zero-order valence-corrected chi connectivity index (χ0v) is 18.9. The molecular weight excluding hydrogens is 398 g/mol. The van der Waals surface area contributed by atoms with E-state index in [0.29, 0.717) is 11.3 Å². The second-order valence-corrected chi connectivity index (χ2v) is 10.3. The van der Waals surface area contributed by atoms with Gasteiger partial charge in [0.25, 0.3) is 5.91 Å². The first-order chi connectivity index (χ1) is 14.1. The van der Waals surface area contributed by atoms with Crippen LogP contribution in [0.5, 0.6) is 0 Å². The van der Waals surface area contributed by atoms with Crippen LogP contribution in [-0.4, -0.2) is 40.7 Å². The van der Waals surface area contributed by atoms with Crippen molar-refractivity contribution in [3.05, 3.63) is 59.7 Å². The van der Waals surface area contributed by atoms with Gasteiger partial charge in [-0.15, -0.1) is 0 Å². The Kier molecular flexibility index (Phi) is 6.71. The standard InChI is InChI=1S/C23H31N3O3S/c1-17-12-14-26(15-13-17)21-10-8-19(9-11-21)18(2)24-23(27)20-6-5-7-22(16-20)25(3)30(4,28)29/h5-11,16-18H,12-15H2,1-4H3,(H,24,27). The Labute approximate surface area is 179 Å². The molecule has 2 aromatic rings. The number of carbonyl (C=O) groups excluding carboxylic acids is 1. The number of benzene rings is 2. The van der Waals surface area contributed by atoms with Gasteiger partial charge in [-0.25, -0.2) is 8.42 Å². The number of hydrogen-bond acceptors (Lipinski definition) is 4. The third-order valence-electron chi connectivity index (χ3n) is 5.86. The highest BCUT2D eigenvalue weighted by atomic mass is 32.2. The first-order valence-electron chi connectivity index (χ1n) is 10.3. The highest BCUT2D eigenvalue weighted by Crippen LogP contribution is 2.25. The van der Waals surface area contributed by atoms with E-state index >= 15 is 0 Å². The summed E-state index contributed by atoms with van der Waals surface area (Å²) in [5, 5.41) is 3.00. The van der Waals surface area contributed by atoms with E-state index < -0.39 is 10.0 Å². The van der Waals surface area contributed by atoms with Crippen molar-refractivity contribution in [1.29, 1.82) is 0 Å².